The lowest BCUT2D eigenvalue weighted by atomic mass is 10.2. The molecule has 0 spiro atoms. The largest absolute Gasteiger partial charge is 0.211 e. The molecule has 0 aliphatic rings. The second-order valence-electron chi connectivity index (χ2n) is 1.72. The van der Waals surface area contributed by atoms with Crippen molar-refractivity contribution < 1.29 is 4.21 Å². The molecule has 1 nitrogen and oxygen atoms in total. The van der Waals surface area contributed by atoms with Crippen LogP contribution < -0.4 is 0 Å². The third-order valence-corrected chi connectivity index (χ3v) is 1.86. The molecule has 1 aromatic carbocycles. The average Bonchev–Trinajstić information content (AvgIpc) is 2.05. The average molecular weight is 173 g/mol. The SMILES string of the molecule is O=S=C(Cl)c1ccccc1. The second kappa shape index (κ2) is 3.54. The predicted octanol–water partition coefficient (Wildman–Crippen LogP) is 1.62. The Kier molecular flexibility index (Phi) is 2.66. The van der Waals surface area contributed by atoms with Gasteiger partial charge in [-0.25, -0.2) is 4.21 Å². The van der Waals surface area contributed by atoms with E-state index in [0.29, 0.717) is 15.6 Å². The minimum atomic E-state index is 0.292. The molecule has 0 N–H and O–H groups in total. The van der Waals surface area contributed by atoms with E-state index in [1.807, 2.05) is 18.2 Å². The van der Waals surface area contributed by atoms with Crippen molar-refractivity contribution in [2.24, 2.45) is 0 Å². The highest BCUT2D eigenvalue weighted by Gasteiger charge is 1.94. The van der Waals surface area contributed by atoms with E-state index < -0.39 is 0 Å². The van der Waals surface area contributed by atoms with Crippen molar-refractivity contribution in [1.29, 1.82) is 0 Å². The van der Waals surface area contributed by atoms with Gasteiger partial charge in [-0.2, -0.15) is 0 Å². The Morgan fingerprint density at radius 3 is 2.40 bits per heavy atom. The summed E-state index contributed by atoms with van der Waals surface area (Å²) in [7, 11) is 0. The molecule has 0 saturated heterocycles. The van der Waals surface area contributed by atoms with Gasteiger partial charge in [0.25, 0.3) is 0 Å². The number of rotatable bonds is 1. The van der Waals surface area contributed by atoms with Crippen LogP contribution in [-0.4, -0.2) is 8.53 Å². The monoisotopic (exact) mass is 172 g/mol. The lowest BCUT2D eigenvalue weighted by molar-refractivity contribution is 0.701. The molecule has 3 heteroatoms. The van der Waals surface area contributed by atoms with Crippen LogP contribution >= 0.6 is 11.6 Å². The highest BCUT2D eigenvalue weighted by Crippen LogP contribution is 2.01. The maximum Gasteiger partial charge on any atom is 0.141 e. The van der Waals surface area contributed by atoms with Crippen LogP contribution in [0.1, 0.15) is 5.56 Å². The zero-order valence-electron chi connectivity index (χ0n) is 5.08. The molecule has 52 valence electrons. The highest BCUT2D eigenvalue weighted by atomic mass is 35.5. The molecular formula is C7H5ClOS. The first-order valence-corrected chi connectivity index (χ1v) is 3.84. The molecule has 0 bridgehead atoms. The molecule has 0 unspecified atom stereocenters. The molecule has 1 aromatic rings. The van der Waals surface area contributed by atoms with E-state index in [2.05, 4.69) is 0 Å². The molecule has 0 saturated carbocycles. The van der Waals surface area contributed by atoms with E-state index >= 15 is 0 Å². The van der Waals surface area contributed by atoms with Gasteiger partial charge in [0.2, 0.25) is 0 Å². The van der Waals surface area contributed by atoms with E-state index in [1.165, 1.54) is 0 Å². The van der Waals surface area contributed by atoms with Crippen molar-refractivity contribution in [3.63, 3.8) is 0 Å². The maximum absolute atomic E-state index is 10.2. The Bertz CT molecular complexity index is 264. The molecule has 0 atom stereocenters. The summed E-state index contributed by atoms with van der Waals surface area (Å²) in [5.74, 6) is 0. The van der Waals surface area contributed by atoms with Crippen LogP contribution in [-0.2, 0) is 11.3 Å². The molecule has 0 aliphatic carbocycles. The van der Waals surface area contributed by atoms with Crippen LogP contribution in [0.5, 0.6) is 0 Å². The highest BCUT2D eigenvalue weighted by molar-refractivity contribution is 7.70. The van der Waals surface area contributed by atoms with Crippen LogP contribution in [0.25, 0.3) is 0 Å². The Morgan fingerprint density at radius 2 is 1.90 bits per heavy atom. The molecule has 0 fully saturated rings. The summed E-state index contributed by atoms with van der Waals surface area (Å²) in [4.78, 5) is 0. The van der Waals surface area contributed by atoms with E-state index in [0.717, 1.165) is 5.56 Å². The van der Waals surface area contributed by atoms with E-state index in [9.17, 15) is 4.21 Å². The molecule has 0 heterocycles. The van der Waals surface area contributed by atoms with E-state index in [1.54, 1.807) is 12.1 Å². The van der Waals surface area contributed by atoms with E-state index in [-0.39, 0.29) is 0 Å². The zero-order chi connectivity index (χ0) is 7.40. The van der Waals surface area contributed by atoms with Crippen molar-refractivity contribution in [2.45, 2.75) is 0 Å². The van der Waals surface area contributed by atoms with E-state index in [4.69, 9.17) is 11.6 Å². The quantitative estimate of drug-likeness (QED) is 0.465. The molecule has 1 rings (SSSR count). The van der Waals surface area contributed by atoms with Crippen LogP contribution in [0.2, 0.25) is 0 Å². The minimum Gasteiger partial charge on any atom is -0.211 e. The van der Waals surface area contributed by atoms with Gasteiger partial charge >= 0.3 is 0 Å². The standard InChI is InChI=1S/C7H5ClOS/c8-7(10-9)6-4-2-1-3-5-6/h1-5H. The van der Waals surface area contributed by atoms with Crippen LogP contribution in [0.4, 0.5) is 0 Å². The van der Waals surface area contributed by atoms with Gasteiger partial charge in [-0.1, -0.05) is 41.9 Å². The van der Waals surface area contributed by atoms with Gasteiger partial charge in [0.15, 0.2) is 0 Å². The van der Waals surface area contributed by atoms with Gasteiger partial charge in [0, 0.05) is 5.56 Å². The summed E-state index contributed by atoms with van der Waals surface area (Å²) in [6.45, 7) is 0. The zero-order valence-corrected chi connectivity index (χ0v) is 6.65. The maximum atomic E-state index is 10.2. The first-order valence-electron chi connectivity index (χ1n) is 2.72. The summed E-state index contributed by atoms with van der Waals surface area (Å²) in [6, 6.07) is 9.16. The minimum absolute atomic E-state index is 0.292. The van der Waals surface area contributed by atoms with Crippen molar-refractivity contribution in [3.05, 3.63) is 35.9 Å². The fourth-order valence-electron chi connectivity index (χ4n) is 0.617. The van der Waals surface area contributed by atoms with Crippen molar-refractivity contribution >= 4 is 27.2 Å². The first kappa shape index (κ1) is 7.51. The van der Waals surface area contributed by atoms with Gasteiger partial charge in [-0.05, 0) is 0 Å². The molecule has 0 aromatic heterocycles. The summed E-state index contributed by atoms with van der Waals surface area (Å²) < 4.78 is 10.5. The fourth-order valence-corrected chi connectivity index (χ4v) is 0.976. The third kappa shape index (κ3) is 1.69. The predicted molar refractivity (Wildman–Crippen MR) is 44.5 cm³/mol. The van der Waals surface area contributed by atoms with Crippen LogP contribution in [0.3, 0.4) is 0 Å². The number of hydrogen-bond acceptors (Lipinski definition) is 1. The molecule has 0 aliphatic heterocycles. The fraction of sp³-hybridized carbons (Fsp3) is 0. The summed E-state index contributed by atoms with van der Waals surface area (Å²) in [6.07, 6.45) is 0. The number of benzene rings is 1. The van der Waals surface area contributed by atoms with Gasteiger partial charge in [0.05, 0.1) is 0 Å². The summed E-state index contributed by atoms with van der Waals surface area (Å²) in [5, 5.41) is 0. The molecular weight excluding hydrogens is 168 g/mol. The first-order chi connectivity index (χ1) is 4.84. The summed E-state index contributed by atoms with van der Waals surface area (Å²) >= 11 is 5.87. The van der Waals surface area contributed by atoms with Gasteiger partial charge in [-0.15, -0.1) is 0 Å². The molecule has 0 radical (unpaired) electrons. The van der Waals surface area contributed by atoms with Gasteiger partial charge in [-0.3, -0.25) is 0 Å². The second-order valence-corrected chi connectivity index (χ2v) is 2.90. The van der Waals surface area contributed by atoms with Gasteiger partial charge < -0.3 is 0 Å². The molecule has 10 heavy (non-hydrogen) atoms. The number of halogens is 1. The van der Waals surface area contributed by atoms with Gasteiger partial charge in [0.1, 0.15) is 15.6 Å². The Balaban J connectivity index is 3.08. The van der Waals surface area contributed by atoms with Crippen molar-refractivity contribution in [3.8, 4) is 0 Å². The van der Waals surface area contributed by atoms with Crippen LogP contribution in [0.15, 0.2) is 30.3 Å². The van der Waals surface area contributed by atoms with Crippen LogP contribution in [0, 0.1) is 0 Å². The van der Waals surface area contributed by atoms with Crippen molar-refractivity contribution in [1.82, 2.24) is 0 Å². The smallest absolute Gasteiger partial charge is 0.141 e. The lowest BCUT2D eigenvalue weighted by Gasteiger charge is -1.90. The Morgan fingerprint density at radius 1 is 1.30 bits per heavy atom. The number of hydrogen-bond donors (Lipinski definition) is 0. The van der Waals surface area contributed by atoms with Crippen molar-refractivity contribution in [2.75, 3.05) is 0 Å². The molecule has 0 amide bonds. The normalized spacial score (nSPS) is 8.90. The Hall–Kier alpha value is -0.600. The Labute approximate surface area is 67.7 Å². The lowest BCUT2D eigenvalue weighted by Crippen LogP contribution is -1.87. The summed E-state index contributed by atoms with van der Waals surface area (Å²) in [5.41, 5.74) is 0.782. The topological polar surface area (TPSA) is 17.1 Å². The third-order valence-electron chi connectivity index (χ3n) is 1.07.